The molecule has 3 aromatic carbocycles. The van der Waals surface area contributed by atoms with E-state index in [-0.39, 0.29) is 18.3 Å². The summed E-state index contributed by atoms with van der Waals surface area (Å²) in [6, 6.07) is 25.2. The van der Waals surface area contributed by atoms with E-state index in [1.165, 1.54) is 43.3 Å². The Labute approximate surface area is 259 Å². The zero-order valence-electron chi connectivity index (χ0n) is 25.3. The van der Waals surface area contributed by atoms with E-state index in [0.717, 1.165) is 18.4 Å². The van der Waals surface area contributed by atoms with Crippen molar-refractivity contribution in [3.8, 4) is 5.75 Å². The van der Waals surface area contributed by atoms with E-state index in [4.69, 9.17) is 19.9 Å². The molecule has 3 fully saturated rings. The third kappa shape index (κ3) is 5.86. The minimum absolute atomic E-state index is 0.134. The number of phenols is 1. The Balaban J connectivity index is 1.25. The number of nitrogens with two attached hydrogens (primary N) is 1. The molecule has 3 saturated heterocycles. The van der Waals surface area contributed by atoms with Gasteiger partial charge < -0.3 is 29.5 Å². The summed E-state index contributed by atoms with van der Waals surface area (Å²) in [5.74, 6) is -1.03. The Bertz CT molecular complexity index is 1370. The van der Waals surface area contributed by atoms with E-state index in [9.17, 15) is 14.7 Å². The number of ether oxygens (including phenoxy) is 3. The summed E-state index contributed by atoms with van der Waals surface area (Å²) in [4.78, 5) is 27.6. The molecule has 0 radical (unpaired) electrons. The van der Waals surface area contributed by atoms with E-state index in [1.54, 1.807) is 31.2 Å². The number of rotatable bonds is 10. The number of hydrogen-bond donors (Lipinski definition) is 2. The summed E-state index contributed by atoms with van der Waals surface area (Å²) in [7, 11) is 0. The van der Waals surface area contributed by atoms with Crippen LogP contribution >= 0.6 is 0 Å². The lowest BCUT2D eigenvalue weighted by Crippen LogP contribution is -2.60. The first-order chi connectivity index (χ1) is 21.3. The van der Waals surface area contributed by atoms with Crippen LogP contribution in [0.3, 0.4) is 0 Å². The minimum Gasteiger partial charge on any atom is -0.508 e. The van der Waals surface area contributed by atoms with Crippen molar-refractivity contribution in [3.05, 3.63) is 102 Å². The lowest BCUT2D eigenvalue weighted by molar-refractivity contribution is -0.956. The second kappa shape index (κ2) is 12.7. The molecular formula is C36H43N2O6+. The van der Waals surface area contributed by atoms with Crippen LogP contribution in [0, 0.1) is 0 Å². The monoisotopic (exact) mass is 599 g/mol. The highest BCUT2D eigenvalue weighted by atomic mass is 16.7. The van der Waals surface area contributed by atoms with E-state index >= 15 is 0 Å². The summed E-state index contributed by atoms with van der Waals surface area (Å²) in [6.45, 7) is 4.09. The average molecular weight is 600 g/mol. The van der Waals surface area contributed by atoms with Crippen LogP contribution in [0.1, 0.15) is 62.1 Å². The number of aromatic hydroxyl groups is 1. The minimum atomic E-state index is -1.67. The summed E-state index contributed by atoms with van der Waals surface area (Å²) in [6.07, 6.45) is 5.57. The molecule has 3 heterocycles. The van der Waals surface area contributed by atoms with Crippen molar-refractivity contribution in [3.63, 3.8) is 0 Å². The number of esters is 2. The maximum absolute atomic E-state index is 14.6. The van der Waals surface area contributed by atoms with Crippen molar-refractivity contribution < 1.29 is 33.4 Å². The molecular weight excluding hydrogens is 556 g/mol. The summed E-state index contributed by atoms with van der Waals surface area (Å²) in [5, 5.41) is 9.56. The first-order valence-electron chi connectivity index (χ1n) is 15.9. The highest BCUT2D eigenvalue weighted by Crippen LogP contribution is 2.47. The van der Waals surface area contributed by atoms with Crippen LogP contribution in [0.4, 0.5) is 0 Å². The fraction of sp³-hybridized carbons (Fsp3) is 0.444. The summed E-state index contributed by atoms with van der Waals surface area (Å²) >= 11 is 0. The van der Waals surface area contributed by atoms with Gasteiger partial charge in [0.25, 0.3) is 0 Å². The smallest absolute Gasteiger partial charge is 0.348 e. The number of piperidine rings is 1. The third-order valence-corrected chi connectivity index (χ3v) is 10.00. The molecule has 2 unspecified atom stereocenters. The molecule has 3 aliphatic heterocycles. The maximum atomic E-state index is 14.6. The normalized spacial score (nSPS) is 23.6. The van der Waals surface area contributed by atoms with Gasteiger partial charge in [-0.2, -0.15) is 0 Å². The topological polar surface area (TPSA) is 108 Å². The van der Waals surface area contributed by atoms with Crippen molar-refractivity contribution in [2.75, 3.05) is 13.1 Å². The summed E-state index contributed by atoms with van der Waals surface area (Å²) < 4.78 is 19.9. The number of carbonyl (C=O) groups excluding carboxylic acids is 2. The van der Waals surface area contributed by atoms with Gasteiger partial charge in [0.05, 0.1) is 25.2 Å². The molecule has 6 rings (SSSR count). The molecule has 0 saturated carbocycles. The fourth-order valence-corrected chi connectivity index (χ4v) is 7.97. The SMILES string of the molecule is C[C@H](OC(=O)[C@@H](N)Cc1ccc(O)cc1)OC(C(=O)OC1CC2CCC(C1)[N+]21CCCC1)(c1ccccc1)c1ccccc1. The van der Waals surface area contributed by atoms with Crippen molar-refractivity contribution in [2.45, 2.75) is 88.0 Å². The Morgan fingerprint density at radius 2 is 1.43 bits per heavy atom. The van der Waals surface area contributed by atoms with Gasteiger partial charge in [-0.15, -0.1) is 0 Å². The third-order valence-electron chi connectivity index (χ3n) is 10.00. The Morgan fingerprint density at radius 1 is 0.886 bits per heavy atom. The van der Waals surface area contributed by atoms with Crippen molar-refractivity contribution in [2.24, 2.45) is 5.73 Å². The summed E-state index contributed by atoms with van der Waals surface area (Å²) in [5.41, 5.74) is 6.50. The Kier molecular flexibility index (Phi) is 8.76. The predicted molar refractivity (Wildman–Crippen MR) is 165 cm³/mol. The van der Waals surface area contributed by atoms with Gasteiger partial charge in [-0.3, -0.25) is 4.79 Å². The number of phenolic OH excluding ortho intramolecular Hbond substituents is 1. The van der Waals surface area contributed by atoms with Gasteiger partial charge in [0.1, 0.15) is 17.9 Å². The number of hydrogen-bond acceptors (Lipinski definition) is 7. The van der Waals surface area contributed by atoms with Crippen molar-refractivity contribution >= 4 is 11.9 Å². The Hall–Kier alpha value is -3.72. The van der Waals surface area contributed by atoms with E-state index in [1.807, 2.05) is 60.7 Å². The van der Waals surface area contributed by atoms with Gasteiger partial charge >= 0.3 is 11.9 Å². The highest BCUT2D eigenvalue weighted by molar-refractivity contribution is 5.86. The van der Waals surface area contributed by atoms with Crippen LogP contribution < -0.4 is 5.73 Å². The fourth-order valence-electron chi connectivity index (χ4n) is 7.97. The second-order valence-electron chi connectivity index (χ2n) is 12.7. The number of carbonyl (C=O) groups is 2. The molecule has 3 aliphatic rings. The number of quaternary nitrogens is 1. The van der Waals surface area contributed by atoms with Crippen LogP contribution in [0.2, 0.25) is 0 Å². The molecule has 3 N–H and O–H groups in total. The zero-order chi connectivity index (χ0) is 30.7. The van der Waals surface area contributed by atoms with Gasteiger partial charge in [0.15, 0.2) is 0 Å². The standard InChI is InChI=1S/C36H42N2O6/c1-25(42-34(40)33(37)22-26-14-18-31(39)19-15-26)44-36(27-10-4-2-5-11-27,28-12-6-3-7-13-28)35(41)43-32-23-29-16-17-30(24-32)38(29)20-8-9-21-38/h2-7,10-15,18-19,25,29-30,32-33H,8-9,16-17,20-24,37H2,1H3/p+1/t25-,29?,30?,32?,33+/m1/s1. The van der Waals surface area contributed by atoms with E-state index < -0.39 is 29.9 Å². The molecule has 0 aromatic heterocycles. The second-order valence-corrected chi connectivity index (χ2v) is 12.7. The molecule has 0 amide bonds. The predicted octanol–water partition coefficient (Wildman–Crippen LogP) is 4.96. The molecule has 8 heteroatoms. The average Bonchev–Trinajstić information content (AvgIpc) is 3.58. The first kappa shape index (κ1) is 30.3. The van der Waals surface area contributed by atoms with Crippen molar-refractivity contribution in [1.29, 1.82) is 0 Å². The van der Waals surface area contributed by atoms with Gasteiger partial charge in [-0.1, -0.05) is 72.8 Å². The van der Waals surface area contributed by atoms with Crippen LogP contribution in [0.15, 0.2) is 84.9 Å². The number of nitrogens with zero attached hydrogens (tertiary/aromatic N) is 1. The van der Waals surface area contributed by atoms with Gasteiger partial charge in [0.2, 0.25) is 11.9 Å². The van der Waals surface area contributed by atoms with Gasteiger partial charge in [0, 0.05) is 38.5 Å². The molecule has 4 atom stereocenters. The molecule has 3 aromatic rings. The van der Waals surface area contributed by atoms with Crippen LogP contribution in [-0.4, -0.2) is 65.1 Å². The molecule has 2 bridgehead atoms. The lowest BCUT2D eigenvalue weighted by atomic mass is 9.85. The van der Waals surface area contributed by atoms with Crippen molar-refractivity contribution in [1.82, 2.24) is 0 Å². The van der Waals surface area contributed by atoms with Gasteiger partial charge in [-0.25, -0.2) is 4.79 Å². The van der Waals surface area contributed by atoms with E-state index in [2.05, 4.69) is 0 Å². The van der Waals surface area contributed by atoms with E-state index in [0.29, 0.717) is 23.2 Å². The number of benzene rings is 3. The first-order valence-corrected chi connectivity index (χ1v) is 15.9. The van der Waals surface area contributed by atoms with Crippen LogP contribution in [0.5, 0.6) is 5.75 Å². The molecule has 0 aliphatic carbocycles. The molecule has 8 nitrogen and oxygen atoms in total. The molecule has 1 spiro atoms. The quantitative estimate of drug-likeness (QED) is 0.193. The maximum Gasteiger partial charge on any atom is 0.348 e. The zero-order valence-corrected chi connectivity index (χ0v) is 25.3. The molecule has 44 heavy (non-hydrogen) atoms. The highest BCUT2D eigenvalue weighted by Gasteiger charge is 2.57. The Morgan fingerprint density at radius 3 is 1.98 bits per heavy atom. The van der Waals surface area contributed by atoms with Crippen LogP contribution in [-0.2, 0) is 35.8 Å². The van der Waals surface area contributed by atoms with Gasteiger partial charge in [-0.05, 0) is 42.2 Å². The lowest BCUT2D eigenvalue weighted by Gasteiger charge is -2.47. The largest absolute Gasteiger partial charge is 0.508 e. The van der Waals surface area contributed by atoms with Crippen LogP contribution in [0.25, 0.3) is 0 Å². The molecule has 232 valence electrons.